The maximum Gasteiger partial charge on any atom is 0.255 e. The Labute approximate surface area is 126 Å². The molecule has 4 nitrogen and oxygen atoms in total. The smallest absolute Gasteiger partial charge is 0.255 e. The van der Waals surface area contributed by atoms with Crippen molar-refractivity contribution < 1.29 is 22.0 Å². The zero-order chi connectivity index (χ0) is 16.5. The van der Waals surface area contributed by atoms with E-state index < -0.39 is 27.4 Å². The number of carbonyl (C=O) groups is 1. The Morgan fingerprint density at radius 3 is 2.36 bits per heavy atom. The second kappa shape index (κ2) is 5.84. The fraction of sp³-hybridized carbons (Fsp3) is 0.133. The number of amides is 1. The molecule has 0 saturated heterocycles. The van der Waals surface area contributed by atoms with Crippen LogP contribution >= 0.6 is 0 Å². The summed E-state index contributed by atoms with van der Waals surface area (Å²) in [5, 5.41) is 2.28. The number of hydrogen-bond donors (Lipinski definition) is 1. The molecule has 0 heterocycles. The van der Waals surface area contributed by atoms with Crippen LogP contribution in [0.3, 0.4) is 0 Å². The van der Waals surface area contributed by atoms with Gasteiger partial charge in [-0.05, 0) is 36.8 Å². The van der Waals surface area contributed by atoms with Crippen molar-refractivity contribution >= 4 is 21.4 Å². The Hall–Kier alpha value is -2.28. The molecule has 22 heavy (non-hydrogen) atoms. The lowest BCUT2D eigenvalue weighted by Crippen LogP contribution is -2.14. The fourth-order valence-corrected chi connectivity index (χ4v) is 2.92. The van der Waals surface area contributed by atoms with E-state index in [-0.39, 0.29) is 16.1 Å². The lowest BCUT2D eigenvalue weighted by molar-refractivity contribution is 0.102. The summed E-state index contributed by atoms with van der Waals surface area (Å²) in [6.45, 7) is 1.61. The molecule has 2 aromatic carbocycles. The summed E-state index contributed by atoms with van der Waals surface area (Å²) in [5.74, 6) is -2.36. The highest BCUT2D eigenvalue weighted by atomic mass is 32.2. The quantitative estimate of drug-likeness (QED) is 0.944. The molecule has 0 atom stereocenters. The third-order valence-electron chi connectivity index (χ3n) is 3.03. The van der Waals surface area contributed by atoms with Crippen LogP contribution in [0, 0.1) is 18.6 Å². The van der Waals surface area contributed by atoms with E-state index in [1.807, 2.05) is 0 Å². The van der Waals surface area contributed by atoms with Gasteiger partial charge in [-0.15, -0.1) is 0 Å². The third-order valence-corrected chi connectivity index (χ3v) is 4.27. The summed E-state index contributed by atoms with van der Waals surface area (Å²) < 4.78 is 49.6. The van der Waals surface area contributed by atoms with Crippen molar-refractivity contribution in [3.63, 3.8) is 0 Å². The van der Waals surface area contributed by atoms with E-state index >= 15 is 0 Å². The van der Waals surface area contributed by atoms with E-state index in [4.69, 9.17) is 0 Å². The summed E-state index contributed by atoms with van der Waals surface area (Å²) in [4.78, 5) is 12.1. The van der Waals surface area contributed by atoms with Crippen LogP contribution in [0.4, 0.5) is 14.5 Å². The van der Waals surface area contributed by atoms with Crippen LogP contribution in [0.15, 0.2) is 41.3 Å². The minimum Gasteiger partial charge on any atom is -0.319 e. The Balaban J connectivity index is 2.34. The van der Waals surface area contributed by atoms with Crippen molar-refractivity contribution in [3.05, 3.63) is 59.2 Å². The molecule has 0 spiro atoms. The molecule has 0 aliphatic rings. The second-order valence-corrected chi connectivity index (χ2v) is 6.81. The van der Waals surface area contributed by atoms with Gasteiger partial charge in [-0.1, -0.05) is 6.07 Å². The molecule has 1 N–H and O–H groups in total. The SMILES string of the molecule is Cc1ccc(C(=O)Nc2ccc(F)cc2F)cc1S(C)(=O)=O. The summed E-state index contributed by atoms with van der Waals surface area (Å²) in [5.41, 5.74) is 0.384. The molecular formula is C15H13F2NO3S. The van der Waals surface area contributed by atoms with Crippen molar-refractivity contribution in [1.29, 1.82) is 0 Å². The van der Waals surface area contributed by atoms with Crippen molar-refractivity contribution in [2.75, 3.05) is 11.6 Å². The summed E-state index contributed by atoms with van der Waals surface area (Å²) in [7, 11) is -3.48. The molecule has 0 radical (unpaired) electrons. The average Bonchev–Trinajstić information content (AvgIpc) is 2.41. The number of sulfone groups is 1. The van der Waals surface area contributed by atoms with Gasteiger partial charge in [0, 0.05) is 17.9 Å². The summed E-state index contributed by atoms with van der Waals surface area (Å²) in [6.07, 6.45) is 1.04. The molecular weight excluding hydrogens is 312 g/mol. The highest BCUT2D eigenvalue weighted by molar-refractivity contribution is 7.90. The topological polar surface area (TPSA) is 63.2 Å². The van der Waals surface area contributed by atoms with Crippen LogP contribution in [0.2, 0.25) is 0 Å². The molecule has 0 unspecified atom stereocenters. The zero-order valence-electron chi connectivity index (χ0n) is 11.9. The number of aryl methyl sites for hydroxylation is 1. The molecule has 0 aromatic heterocycles. The van der Waals surface area contributed by atoms with Crippen LogP contribution in [-0.2, 0) is 9.84 Å². The van der Waals surface area contributed by atoms with Crippen LogP contribution in [0.1, 0.15) is 15.9 Å². The first-order valence-electron chi connectivity index (χ1n) is 6.25. The summed E-state index contributed by atoms with van der Waals surface area (Å²) >= 11 is 0. The van der Waals surface area contributed by atoms with Gasteiger partial charge in [0.25, 0.3) is 5.91 Å². The van der Waals surface area contributed by atoms with Gasteiger partial charge in [-0.2, -0.15) is 0 Å². The van der Waals surface area contributed by atoms with Gasteiger partial charge in [-0.3, -0.25) is 4.79 Å². The standard InChI is InChI=1S/C15H13F2NO3S/c1-9-3-4-10(7-14(9)22(2,20)21)15(19)18-13-6-5-11(16)8-12(13)17/h3-8H,1-2H3,(H,18,19). The Kier molecular flexibility index (Phi) is 4.27. The van der Waals surface area contributed by atoms with Gasteiger partial charge in [0.1, 0.15) is 11.6 Å². The van der Waals surface area contributed by atoms with Crippen molar-refractivity contribution in [1.82, 2.24) is 0 Å². The van der Waals surface area contributed by atoms with Crippen molar-refractivity contribution in [2.24, 2.45) is 0 Å². The number of benzene rings is 2. The number of rotatable bonds is 3. The predicted octanol–water partition coefficient (Wildman–Crippen LogP) is 2.93. The largest absolute Gasteiger partial charge is 0.319 e. The second-order valence-electron chi connectivity index (χ2n) is 4.83. The van der Waals surface area contributed by atoms with Crippen LogP contribution in [0.25, 0.3) is 0 Å². The Bertz CT molecular complexity index is 848. The van der Waals surface area contributed by atoms with E-state index in [2.05, 4.69) is 5.32 Å². The number of hydrogen-bond acceptors (Lipinski definition) is 3. The highest BCUT2D eigenvalue weighted by Gasteiger charge is 2.16. The maximum absolute atomic E-state index is 13.5. The van der Waals surface area contributed by atoms with Crippen LogP contribution in [0.5, 0.6) is 0 Å². The monoisotopic (exact) mass is 325 g/mol. The normalized spacial score (nSPS) is 11.3. The Morgan fingerprint density at radius 1 is 1.09 bits per heavy atom. The summed E-state index contributed by atoms with van der Waals surface area (Å²) in [6, 6.07) is 6.89. The molecule has 0 aliphatic heterocycles. The van der Waals surface area contributed by atoms with Gasteiger partial charge in [0.2, 0.25) is 0 Å². The van der Waals surface area contributed by atoms with E-state index in [1.54, 1.807) is 6.92 Å². The number of halogens is 2. The van der Waals surface area contributed by atoms with Crippen molar-refractivity contribution in [3.8, 4) is 0 Å². The fourth-order valence-electron chi connectivity index (χ4n) is 1.93. The maximum atomic E-state index is 13.5. The van der Waals surface area contributed by atoms with E-state index in [9.17, 15) is 22.0 Å². The minimum atomic E-state index is -3.48. The van der Waals surface area contributed by atoms with Gasteiger partial charge < -0.3 is 5.32 Å². The number of carbonyl (C=O) groups excluding carboxylic acids is 1. The number of anilines is 1. The third kappa shape index (κ3) is 3.48. The predicted molar refractivity (Wildman–Crippen MR) is 78.6 cm³/mol. The Morgan fingerprint density at radius 2 is 1.77 bits per heavy atom. The molecule has 0 fully saturated rings. The molecule has 0 aliphatic carbocycles. The minimum absolute atomic E-state index is 0.0275. The van der Waals surface area contributed by atoms with Gasteiger partial charge in [0.15, 0.2) is 9.84 Å². The van der Waals surface area contributed by atoms with Gasteiger partial charge in [0.05, 0.1) is 10.6 Å². The first kappa shape index (κ1) is 16.1. The first-order valence-corrected chi connectivity index (χ1v) is 8.15. The molecule has 2 aromatic rings. The van der Waals surface area contributed by atoms with Gasteiger partial charge in [-0.25, -0.2) is 17.2 Å². The van der Waals surface area contributed by atoms with Crippen molar-refractivity contribution in [2.45, 2.75) is 11.8 Å². The van der Waals surface area contributed by atoms with E-state index in [0.29, 0.717) is 11.6 Å². The van der Waals surface area contributed by atoms with E-state index in [1.165, 1.54) is 18.2 Å². The van der Waals surface area contributed by atoms with Crippen LogP contribution < -0.4 is 5.32 Å². The molecule has 0 saturated carbocycles. The molecule has 0 bridgehead atoms. The molecule has 1 amide bonds. The molecule has 7 heteroatoms. The van der Waals surface area contributed by atoms with E-state index in [0.717, 1.165) is 18.4 Å². The molecule has 2 rings (SSSR count). The first-order chi connectivity index (χ1) is 10.2. The lowest BCUT2D eigenvalue weighted by Gasteiger charge is -2.09. The van der Waals surface area contributed by atoms with Gasteiger partial charge >= 0.3 is 0 Å². The zero-order valence-corrected chi connectivity index (χ0v) is 12.7. The van der Waals surface area contributed by atoms with Crippen LogP contribution in [-0.4, -0.2) is 20.6 Å². The lowest BCUT2D eigenvalue weighted by atomic mass is 10.1. The molecule has 116 valence electrons. The highest BCUT2D eigenvalue weighted by Crippen LogP contribution is 2.19. The number of nitrogens with one attached hydrogen (secondary N) is 1. The average molecular weight is 325 g/mol.